The lowest BCUT2D eigenvalue weighted by atomic mass is 9.90. The third-order valence-electron chi connectivity index (χ3n) is 4.05. The van der Waals surface area contributed by atoms with E-state index in [2.05, 4.69) is 10.3 Å². The van der Waals surface area contributed by atoms with E-state index in [1.165, 1.54) is 19.2 Å². The number of aromatic nitrogens is 1. The first kappa shape index (κ1) is 15.3. The number of carboxylic acids is 1. The van der Waals surface area contributed by atoms with E-state index in [1.54, 1.807) is 0 Å². The zero-order valence-corrected chi connectivity index (χ0v) is 12.1. The predicted molar refractivity (Wildman–Crippen MR) is 76.3 cm³/mol. The molecule has 1 fully saturated rings. The molecule has 6 nitrogen and oxygen atoms in total. The van der Waals surface area contributed by atoms with Crippen LogP contribution in [0.3, 0.4) is 0 Å². The van der Waals surface area contributed by atoms with Crippen molar-refractivity contribution in [1.82, 2.24) is 10.3 Å². The fourth-order valence-electron chi connectivity index (χ4n) is 2.74. The summed E-state index contributed by atoms with van der Waals surface area (Å²) >= 11 is 0. The van der Waals surface area contributed by atoms with Crippen LogP contribution in [-0.2, 0) is 4.79 Å². The summed E-state index contributed by atoms with van der Waals surface area (Å²) in [5.41, 5.74) is -0.579. The maximum Gasteiger partial charge on any atom is 0.329 e. The zero-order valence-electron chi connectivity index (χ0n) is 12.1. The molecule has 1 heterocycles. The Labute approximate surface area is 122 Å². The number of H-pyrrole nitrogens is 1. The minimum atomic E-state index is -1.20. The molecule has 0 saturated heterocycles. The first-order valence-corrected chi connectivity index (χ1v) is 7.20. The van der Waals surface area contributed by atoms with E-state index >= 15 is 0 Å². The van der Waals surface area contributed by atoms with Gasteiger partial charge in [-0.2, -0.15) is 0 Å². The summed E-state index contributed by atoms with van der Waals surface area (Å²) in [5.74, 6) is -1.62. The summed E-state index contributed by atoms with van der Waals surface area (Å²) in [6.07, 6.45) is 5.89. The Morgan fingerprint density at radius 3 is 2.29 bits per heavy atom. The molecule has 114 valence electrons. The smallest absolute Gasteiger partial charge is 0.329 e. The Morgan fingerprint density at radius 1 is 1.19 bits per heavy atom. The van der Waals surface area contributed by atoms with E-state index in [0.29, 0.717) is 18.4 Å². The van der Waals surface area contributed by atoms with Gasteiger partial charge >= 0.3 is 5.97 Å². The Morgan fingerprint density at radius 2 is 1.81 bits per heavy atom. The van der Waals surface area contributed by atoms with Crippen LogP contribution in [0.5, 0.6) is 0 Å². The van der Waals surface area contributed by atoms with Crippen molar-refractivity contribution in [2.75, 3.05) is 0 Å². The number of amides is 1. The second kappa shape index (κ2) is 6.11. The van der Waals surface area contributed by atoms with Gasteiger partial charge in [-0.05, 0) is 25.8 Å². The van der Waals surface area contributed by atoms with Crippen molar-refractivity contribution in [3.8, 4) is 0 Å². The van der Waals surface area contributed by atoms with Gasteiger partial charge in [0.25, 0.3) is 5.91 Å². The van der Waals surface area contributed by atoms with Gasteiger partial charge in [-0.15, -0.1) is 0 Å². The number of hydrogen-bond acceptors (Lipinski definition) is 3. The van der Waals surface area contributed by atoms with Crippen molar-refractivity contribution in [1.29, 1.82) is 0 Å². The largest absolute Gasteiger partial charge is 0.480 e. The molecule has 0 aromatic carbocycles. The molecular weight excluding hydrogens is 272 g/mol. The third-order valence-corrected chi connectivity index (χ3v) is 4.05. The van der Waals surface area contributed by atoms with Crippen LogP contribution < -0.4 is 5.32 Å². The van der Waals surface area contributed by atoms with Gasteiger partial charge in [0.2, 0.25) is 0 Å². The molecule has 0 atom stereocenters. The van der Waals surface area contributed by atoms with Crippen LogP contribution >= 0.6 is 0 Å². The summed E-state index contributed by atoms with van der Waals surface area (Å²) in [6.45, 7) is 1.41. The van der Waals surface area contributed by atoms with Gasteiger partial charge in [0.05, 0.1) is 0 Å². The SMILES string of the molecule is CC(=O)c1c[nH]c(C(=O)NC2(C(=O)O)CCCCCC2)c1. The molecule has 0 aliphatic heterocycles. The molecule has 2 rings (SSSR count). The van der Waals surface area contributed by atoms with E-state index in [1.807, 2.05) is 0 Å². The summed E-state index contributed by atoms with van der Waals surface area (Å²) in [5, 5.41) is 12.2. The van der Waals surface area contributed by atoms with Gasteiger partial charge in [0, 0.05) is 11.8 Å². The second-order valence-electron chi connectivity index (χ2n) is 5.61. The van der Waals surface area contributed by atoms with Crippen LogP contribution in [0, 0.1) is 0 Å². The van der Waals surface area contributed by atoms with Crippen LogP contribution in [0.1, 0.15) is 66.3 Å². The molecule has 1 amide bonds. The fourth-order valence-corrected chi connectivity index (χ4v) is 2.74. The summed E-state index contributed by atoms with van der Waals surface area (Å²) in [4.78, 5) is 37.8. The lowest BCUT2D eigenvalue weighted by Crippen LogP contribution is -2.54. The number of carbonyl (C=O) groups excluding carboxylic acids is 2. The second-order valence-corrected chi connectivity index (χ2v) is 5.61. The van der Waals surface area contributed by atoms with Gasteiger partial charge in [-0.25, -0.2) is 4.79 Å². The number of carboxylic acid groups (broad SMARTS) is 1. The molecule has 1 saturated carbocycles. The quantitative estimate of drug-likeness (QED) is 0.584. The number of rotatable bonds is 4. The van der Waals surface area contributed by atoms with Crippen LogP contribution in [0.2, 0.25) is 0 Å². The Hall–Kier alpha value is -2.11. The minimum absolute atomic E-state index is 0.146. The summed E-state index contributed by atoms with van der Waals surface area (Å²) in [7, 11) is 0. The highest BCUT2D eigenvalue weighted by Gasteiger charge is 2.40. The first-order valence-electron chi connectivity index (χ1n) is 7.20. The van der Waals surface area contributed by atoms with E-state index in [0.717, 1.165) is 25.7 Å². The normalized spacial score (nSPS) is 17.8. The van der Waals surface area contributed by atoms with Crippen LogP contribution in [-0.4, -0.2) is 33.3 Å². The number of Topliss-reactive ketones (excluding diaryl/α,β-unsaturated/α-hetero) is 1. The number of carbonyl (C=O) groups is 3. The molecule has 0 radical (unpaired) electrons. The van der Waals surface area contributed by atoms with Crippen LogP contribution in [0.25, 0.3) is 0 Å². The first-order chi connectivity index (χ1) is 9.94. The van der Waals surface area contributed by atoms with Crippen molar-refractivity contribution >= 4 is 17.7 Å². The molecule has 1 aromatic heterocycles. The van der Waals surface area contributed by atoms with E-state index in [-0.39, 0.29) is 11.5 Å². The molecule has 1 aromatic rings. The number of nitrogens with one attached hydrogen (secondary N) is 2. The van der Waals surface area contributed by atoms with Crippen LogP contribution in [0.4, 0.5) is 0 Å². The Bertz CT molecular complexity index is 554. The van der Waals surface area contributed by atoms with Gasteiger partial charge < -0.3 is 15.4 Å². The molecule has 6 heteroatoms. The molecule has 0 bridgehead atoms. The molecule has 1 aliphatic carbocycles. The lowest BCUT2D eigenvalue weighted by Gasteiger charge is -2.29. The maximum absolute atomic E-state index is 12.3. The average molecular weight is 292 g/mol. The van der Waals surface area contributed by atoms with E-state index < -0.39 is 17.4 Å². The molecule has 3 N–H and O–H groups in total. The summed E-state index contributed by atoms with van der Waals surface area (Å²) < 4.78 is 0. The van der Waals surface area contributed by atoms with Crippen molar-refractivity contribution < 1.29 is 19.5 Å². The highest BCUT2D eigenvalue weighted by atomic mass is 16.4. The Balaban J connectivity index is 2.17. The molecule has 21 heavy (non-hydrogen) atoms. The zero-order chi connectivity index (χ0) is 15.5. The monoisotopic (exact) mass is 292 g/mol. The molecule has 0 unspecified atom stereocenters. The number of aliphatic carboxylic acids is 1. The maximum atomic E-state index is 12.3. The van der Waals surface area contributed by atoms with E-state index in [9.17, 15) is 19.5 Å². The number of aromatic amines is 1. The van der Waals surface area contributed by atoms with Gasteiger partial charge in [-0.3, -0.25) is 9.59 Å². The molecule has 1 aliphatic rings. The van der Waals surface area contributed by atoms with Gasteiger partial charge in [0.15, 0.2) is 5.78 Å². The average Bonchev–Trinajstić information content (AvgIpc) is 2.81. The van der Waals surface area contributed by atoms with Crippen molar-refractivity contribution in [3.63, 3.8) is 0 Å². The Kier molecular flexibility index (Phi) is 4.45. The topological polar surface area (TPSA) is 99.3 Å². The molecule has 0 spiro atoms. The van der Waals surface area contributed by atoms with Gasteiger partial charge in [0.1, 0.15) is 11.2 Å². The highest BCUT2D eigenvalue weighted by Crippen LogP contribution is 2.28. The number of ketones is 1. The number of hydrogen-bond donors (Lipinski definition) is 3. The van der Waals surface area contributed by atoms with Gasteiger partial charge in [-0.1, -0.05) is 25.7 Å². The van der Waals surface area contributed by atoms with Crippen molar-refractivity contribution in [2.24, 2.45) is 0 Å². The standard InChI is InChI=1S/C15H20N2O4/c1-10(18)11-8-12(16-9-11)13(19)17-15(14(20)21)6-4-2-3-5-7-15/h8-9,16H,2-7H2,1H3,(H,17,19)(H,20,21). The lowest BCUT2D eigenvalue weighted by molar-refractivity contribution is -0.145. The highest BCUT2D eigenvalue weighted by molar-refractivity contribution is 6.00. The van der Waals surface area contributed by atoms with Crippen molar-refractivity contribution in [3.05, 3.63) is 23.5 Å². The van der Waals surface area contributed by atoms with Crippen molar-refractivity contribution in [2.45, 2.75) is 51.0 Å². The minimum Gasteiger partial charge on any atom is -0.480 e. The third kappa shape index (κ3) is 3.32. The fraction of sp³-hybridized carbons (Fsp3) is 0.533. The molecular formula is C15H20N2O4. The van der Waals surface area contributed by atoms with Crippen LogP contribution in [0.15, 0.2) is 12.3 Å². The summed E-state index contributed by atoms with van der Waals surface area (Å²) in [6, 6.07) is 1.45. The van der Waals surface area contributed by atoms with E-state index in [4.69, 9.17) is 0 Å². The predicted octanol–water partition coefficient (Wildman–Crippen LogP) is 2.12.